The van der Waals surface area contributed by atoms with Crippen molar-refractivity contribution in [2.45, 2.75) is 20.3 Å². The molecule has 2 aromatic rings. The van der Waals surface area contributed by atoms with Crippen LogP contribution >= 0.6 is 0 Å². The zero-order valence-corrected chi connectivity index (χ0v) is 12.1. The van der Waals surface area contributed by atoms with Gasteiger partial charge in [-0.3, -0.25) is 4.79 Å². The highest BCUT2D eigenvalue weighted by molar-refractivity contribution is 6.02. The molecule has 3 nitrogen and oxygen atoms in total. The van der Waals surface area contributed by atoms with Crippen molar-refractivity contribution in [2.75, 3.05) is 12.8 Å². The lowest BCUT2D eigenvalue weighted by Gasteiger charge is -2.08. The summed E-state index contributed by atoms with van der Waals surface area (Å²) in [6.07, 6.45) is 0.359. The molecule has 0 amide bonds. The third kappa shape index (κ3) is 2.99. The number of aryl methyl sites for hydroxylation is 2. The molecule has 0 atom stereocenters. The maximum Gasteiger partial charge on any atom is 0.169 e. The standard InChI is InChI=1S/C17H19NO2/c1-11-4-5-13(8-12(11)2)9-17(19)15-7-6-14(20-3)10-16(15)18/h4-8,10H,9,18H2,1-3H3. The summed E-state index contributed by atoms with van der Waals surface area (Å²) in [4.78, 5) is 12.3. The fourth-order valence-corrected chi connectivity index (χ4v) is 2.12. The lowest BCUT2D eigenvalue weighted by molar-refractivity contribution is 0.0994. The number of hydrogen-bond acceptors (Lipinski definition) is 3. The molecular weight excluding hydrogens is 250 g/mol. The summed E-state index contributed by atoms with van der Waals surface area (Å²) in [5.74, 6) is 0.679. The van der Waals surface area contributed by atoms with Crippen LogP contribution in [0.25, 0.3) is 0 Å². The summed E-state index contributed by atoms with van der Waals surface area (Å²) in [7, 11) is 1.57. The van der Waals surface area contributed by atoms with Gasteiger partial charge in [0.05, 0.1) is 7.11 Å². The number of hydrogen-bond donors (Lipinski definition) is 1. The minimum Gasteiger partial charge on any atom is -0.497 e. The van der Waals surface area contributed by atoms with Crippen LogP contribution < -0.4 is 10.5 Å². The largest absolute Gasteiger partial charge is 0.497 e. The van der Waals surface area contributed by atoms with E-state index in [1.54, 1.807) is 25.3 Å². The fraction of sp³-hybridized carbons (Fsp3) is 0.235. The number of rotatable bonds is 4. The van der Waals surface area contributed by atoms with Gasteiger partial charge in [0.25, 0.3) is 0 Å². The van der Waals surface area contributed by atoms with Crippen LogP contribution in [0.5, 0.6) is 5.75 Å². The molecular formula is C17H19NO2. The van der Waals surface area contributed by atoms with Gasteiger partial charge in [-0.25, -0.2) is 0 Å². The molecule has 104 valence electrons. The van der Waals surface area contributed by atoms with Crippen molar-refractivity contribution in [1.82, 2.24) is 0 Å². The Kier molecular flexibility index (Phi) is 4.08. The number of nitrogens with two attached hydrogens (primary N) is 1. The monoisotopic (exact) mass is 269 g/mol. The molecule has 2 N–H and O–H groups in total. The molecule has 0 aromatic heterocycles. The molecule has 0 aliphatic heterocycles. The van der Waals surface area contributed by atoms with Crippen LogP contribution in [0, 0.1) is 13.8 Å². The van der Waals surface area contributed by atoms with Gasteiger partial charge in [-0.15, -0.1) is 0 Å². The summed E-state index contributed by atoms with van der Waals surface area (Å²) in [6, 6.07) is 11.2. The highest BCUT2D eigenvalue weighted by Gasteiger charge is 2.11. The van der Waals surface area contributed by atoms with E-state index in [-0.39, 0.29) is 5.78 Å². The van der Waals surface area contributed by atoms with Gasteiger partial charge < -0.3 is 10.5 Å². The molecule has 2 aromatic carbocycles. The number of anilines is 1. The van der Waals surface area contributed by atoms with E-state index >= 15 is 0 Å². The van der Waals surface area contributed by atoms with E-state index in [4.69, 9.17) is 10.5 Å². The molecule has 0 unspecified atom stereocenters. The summed E-state index contributed by atoms with van der Waals surface area (Å²) >= 11 is 0. The van der Waals surface area contributed by atoms with Crippen molar-refractivity contribution >= 4 is 11.5 Å². The maximum atomic E-state index is 12.3. The average Bonchev–Trinajstić information content (AvgIpc) is 2.42. The number of carbonyl (C=O) groups excluding carboxylic acids is 1. The molecule has 0 saturated heterocycles. The summed E-state index contributed by atoms with van der Waals surface area (Å²) < 4.78 is 5.09. The Balaban J connectivity index is 2.21. The van der Waals surface area contributed by atoms with Crippen molar-refractivity contribution in [2.24, 2.45) is 0 Å². The number of carbonyl (C=O) groups is 1. The quantitative estimate of drug-likeness (QED) is 0.684. The van der Waals surface area contributed by atoms with Gasteiger partial charge in [0.1, 0.15) is 5.75 Å². The number of methoxy groups -OCH3 is 1. The minimum atomic E-state index is 0.0217. The van der Waals surface area contributed by atoms with Crippen LogP contribution in [0.15, 0.2) is 36.4 Å². The zero-order valence-electron chi connectivity index (χ0n) is 12.1. The van der Waals surface area contributed by atoms with Crippen molar-refractivity contribution in [3.8, 4) is 5.75 Å². The molecule has 2 rings (SSSR count). The van der Waals surface area contributed by atoms with E-state index in [1.807, 2.05) is 25.1 Å². The molecule has 0 heterocycles. The molecule has 0 aliphatic rings. The summed E-state index contributed by atoms with van der Waals surface area (Å²) in [6.45, 7) is 4.10. The number of benzene rings is 2. The Bertz CT molecular complexity index is 647. The first-order valence-electron chi connectivity index (χ1n) is 6.54. The highest BCUT2D eigenvalue weighted by Crippen LogP contribution is 2.21. The third-order valence-electron chi connectivity index (χ3n) is 3.50. The molecule has 0 saturated carbocycles. The van der Waals surface area contributed by atoms with Gasteiger partial charge in [0, 0.05) is 23.7 Å². The Labute approximate surface area is 119 Å². The van der Waals surface area contributed by atoms with Crippen LogP contribution in [-0.2, 0) is 6.42 Å². The van der Waals surface area contributed by atoms with Crippen LogP contribution in [0.3, 0.4) is 0 Å². The second-order valence-corrected chi connectivity index (χ2v) is 4.97. The number of ketones is 1. The molecule has 0 aliphatic carbocycles. The number of Topliss-reactive ketones (excluding diaryl/α,β-unsaturated/α-hetero) is 1. The Morgan fingerprint density at radius 2 is 1.85 bits per heavy atom. The predicted octanol–water partition coefficient (Wildman–Crippen LogP) is 3.32. The first-order chi connectivity index (χ1) is 9.51. The normalized spacial score (nSPS) is 10.3. The number of ether oxygens (including phenoxy) is 1. The zero-order chi connectivity index (χ0) is 14.7. The van der Waals surface area contributed by atoms with E-state index in [0.29, 0.717) is 23.4 Å². The summed E-state index contributed by atoms with van der Waals surface area (Å²) in [5.41, 5.74) is 10.3. The second-order valence-electron chi connectivity index (χ2n) is 4.97. The van der Waals surface area contributed by atoms with Crippen molar-refractivity contribution in [1.29, 1.82) is 0 Å². The third-order valence-corrected chi connectivity index (χ3v) is 3.50. The van der Waals surface area contributed by atoms with Crippen molar-refractivity contribution in [3.05, 3.63) is 58.7 Å². The van der Waals surface area contributed by atoms with E-state index in [1.165, 1.54) is 11.1 Å². The topological polar surface area (TPSA) is 52.3 Å². The lowest BCUT2D eigenvalue weighted by atomic mass is 9.98. The molecule has 20 heavy (non-hydrogen) atoms. The Morgan fingerprint density at radius 1 is 1.10 bits per heavy atom. The van der Waals surface area contributed by atoms with Gasteiger partial charge >= 0.3 is 0 Å². The smallest absolute Gasteiger partial charge is 0.169 e. The molecule has 0 radical (unpaired) electrons. The lowest BCUT2D eigenvalue weighted by Crippen LogP contribution is -2.07. The van der Waals surface area contributed by atoms with Crippen LogP contribution in [0.2, 0.25) is 0 Å². The second kappa shape index (κ2) is 5.78. The molecule has 3 heteroatoms. The van der Waals surface area contributed by atoms with E-state index < -0.39 is 0 Å². The SMILES string of the molecule is COc1ccc(C(=O)Cc2ccc(C)c(C)c2)c(N)c1. The van der Waals surface area contributed by atoms with Gasteiger partial charge in [-0.1, -0.05) is 18.2 Å². The van der Waals surface area contributed by atoms with Crippen LogP contribution in [0.4, 0.5) is 5.69 Å². The van der Waals surface area contributed by atoms with Crippen molar-refractivity contribution < 1.29 is 9.53 Å². The van der Waals surface area contributed by atoms with Gasteiger partial charge in [-0.2, -0.15) is 0 Å². The van der Waals surface area contributed by atoms with Gasteiger partial charge in [-0.05, 0) is 42.7 Å². The van der Waals surface area contributed by atoms with Crippen LogP contribution in [0.1, 0.15) is 27.0 Å². The highest BCUT2D eigenvalue weighted by atomic mass is 16.5. The maximum absolute atomic E-state index is 12.3. The first kappa shape index (κ1) is 14.1. The molecule has 0 spiro atoms. The predicted molar refractivity (Wildman–Crippen MR) is 81.4 cm³/mol. The van der Waals surface area contributed by atoms with E-state index in [9.17, 15) is 4.79 Å². The van der Waals surface area contributed by atoms with Crippen LogP contribution in [-0.4, -0.2) is 12.9 Å². The van der Waals surface area contributed by atoms with Crippen molar-refractivity contribution in [3.63, 3.8) is 0 Å². The minimum absolute atomic E-state index is 0.0217. The fourth-order valence-electron chi connectivity index (χ4n) is 2.12. The van der Waals surface area contributed by atoms with E-state index in [0.717, 1.165) is 5.56 Å². The average molecular weight is 269 g/mol. The first-order valence-corrected chi connectivity index (χ1v) is 6.54. The molecule has 0 fully saturated rings. The molecule has 0 bridgehead atoms. The van der Waals surface area contributed by atoms with E-state index in [2.05, 4.69) is 6.92 Å². The number of nitrogen functional groups attached to an aromatic ring is 1. The Hall–Kier alpha value is -2.29. The summed E-state index contributed by atoms with van der Waals surface area (Å²) in [5, 5.41) is 0. The Morgan fingerprint density at radius 3 is 2.45 bits per heavy atom. The van der Waals surface area contributed by atoms with Gasteiger partial charge in [0.2, 0.25) is 0 Å². The van der Waals surface area contributed by atoms with Gasteiger partial charge in [0.15, 0.2) is 5.78 Å².